The summed E-state index contributed by atoms with van der Waals surface area (Å²) in [7, 11) is 0. The first-order valence-corrected chi connectivity index (χ1v) is 8.94. The average molecular weight is 283 g/mol. The van der Waals surface area contributed by atoms with Crippen LogP contribution in [-0.4, -0.2) is 0 Å². The fraction of sp³-hybridized carbons (Fsp3) is 1.00. The lowest BCUT2D eigenvalue weighted by Crippen LogP contribution is -2.35. The summed E-state index contributed by atoms with van der Waals surface area (Å²) < 4.78 is 0. The lowest BCUT2D eigenvalue weighted by molar-refractivity contribution is 0.0592. The fourth-order valence-electron chi connectivity index (χ4n) is 2.91. The largest absolute Gasteiger partial charge is 0.0649 e. The van der Waals surface area contributed by atoms with Gasteiger partial charge in [-0.3, -0.25) is 0 Å². The van der Waals surface area contributed by atoms with Crippen LogP contribution in [0.3, 0.4) is 0 Å². The van der Waals surface area contributed by atoms with Crippen LogP contribution < -0.4 is 0 Å². The van der Waals surface area contributed by atoms with Crippen molar-refractivity contribution in [3.05, 3.63) is 0 Å². The Kier molecular flexibility index (Phi) is 7.85. The molecule has 2 atom stereocenters. The molecule has 1 rings (SSSR count). The molecule has 0 nitrogen and oxygen atoms in total. The number of rotatable bonds is 2. The molecule has 1 aliphatic carbocycles. The van der Waals surface area contributed by atoms with Gasteiger partial charge in [-0.15, -0.1) is 0 Å². The van der Waals surface area contributed by atoms with Crippen LogP contribution >= 0.6 is 0 Å². The van der Waals surface area contributed by atoms with Gasteiger partial charge in [-0.25, -0.2) is 0 Å². The maximum Gasteiger partial charge on any atom is -0.0328 e. The van der Waals surface area contributed by atoms with Crippen LogP contribution in [0.15, 0.2) is 0 Å². The lowest BCUT2D eigenvalue weighted by atomic mass is 9.61. The highest BCUT2D eigenvalue weighted by atomic mass is 14.4. The van der Waals surface area contributed by atoms with Crippen molar-refractivity contribution in [2.75, 3.05) is 0 Å². The van der Waals surface area contributed by atoms with Crippen molar-refractivity contribution < 1.29 is 0 Å². The number of hydrogen-bond donors (Lipinski definition) is 0. The highest BCUT2D eigenvalue weighted by molar-refractivity contribution is 4.87. The molecular weight excluding hydrogens is 240 g/mol. The Hall–Kier alpha value is 0. The van der Waals surface area contributed by atoms with Gasteiger partial charge in [0.2, 0.25) is 0 Å². The molecule has 0 N–H and O–H groups in total. The zero-order chi connectivity index (χ0) is 16.1. The first-order chi connectivity index (χ1) is 8.94. The van der Waals surface area contributed by atoms with E-state index in [9.17, 15) is 0 Å². The zero-order valence-corrected chi connectivity index (χ0v) is 16.1. The Morgan fingerprint density at radius 2 is 1.10 bits per heavy atom. The van der Waals surface area contributed by atoms with Crippen molar-refractivity contribution in [1.82, 2.24) is 0 Å². The Labute approximate surface area is 130 Å². The van der Waals surface area contributed by atoms with Crippen LogP contribution in [0.2, 0.25) is 0 Å². The van der Waals surface area contributed by atoms with Crippen molar-refractivity contribution in [3.8, 4) is 0 Å². The Morgan fingerprint density at radius 1 is 0.750 bits per heavy atom. The number of hydrogen-bond acceptors (Lipinski definition) is 0. The molecule has 20 heavy (non-hydrogen) atoms. The van der Waals surface area contributed by atoms with Gasteiger partial charge in [-0.1, -0.05) is 82.1 Å². The second kappa shape index (κ2) is 7.85. The molecule has 0 aromatic rings. The minimum atomic E-state index is 0.542. The van der Waals surface area contributed by atoms with Crippen LogP contribution in [-0.2, 0) is 0 Å². The molecule has 1 fully saturated rings. The predicted molar refractivity (Wildman–Crippen MR) is 94.0 cm³/mol. The van der Waals surface area contributed by atoms with Crippen LogP contribution in [0.5, 0.6) is 0 Å². The zero-order valence-electron chi connectivity index (χ0n) is 16.1. The highest BCUT2D eigenvalue weighted by Gasteiger charge is 2.37. The van der Waals surface area contributed by atoms with Crippen molar-refractivity contribution in [1.29, 1.82) is 0 Å². The Bertz CT molecular complexity index is 244. The standard InChI is InChI=1S/C14H28.C6H14/c1-7-14(5,6)13-8-10(2)12(4)11(3)9-13;1-5-6(2,3)4/h10-13H,7-9H2,1-6H3;5H2,1-4H3. The molecule has 0 aliphatic heterocycles. The van der Waals surface area contributed by atoms with E-state index in [1.54, 1.807) is 0 Å². The van der Waals surface area contributed by atoms with Crippen LogP contribution in [0.1, 0.15) is 94.9 Å². The second-order valence-electron chi connectivity index (χ2n) is 9.24. The first-order valence-electron chi connectivity index (χ1n) is 8.94. The summed E-state index contributed by atoms with van der Waals surface area (Å²) in [5.74, 6) is 3.73. The summed E-state index contributed by atoms with van der Waals surface area (Å²) in [6, 6.07) is 0. The molecule has 0 amide bonds. The molecular formula is C20H42. The molecule has 122 valence electrons. The fourth-order valence-corrected chi connectivity index (χ4v) is 2.91. The second-order valence-corrected chi connectivity index (χ2v) is 9.24. The van der Waals surface area contributed by atoms with E-state index in [0.717, 1.165) is 23.7 Å². The van der Waals surface area contributed by atoms with Gasteiger partial charge >= 0.3 is 0 Å². The maximum atomic E-state index is 2.45. The molecule has 0 radical (unpaired) electrons. The van der Waals surface area contributed by atoms with Crippen molar-refractivity contribution in [3.63, 3.8) is 0 Å². The molecule has 0 heteroatoms. The summed E-state index contributed by atoms with van der Waals surface area (Å²) in [5, 5.41) is 0. The molecule has 1 aliphatic rings. The Balaban J connectivity index is 0.000000511. The molecule has 0 saturated heterocycles. The van der Waals surface area contributed by atoms with E-state index in [2.05, 4.69) is 69.2 Å². The van der Waals surface area contributed by atoms with E-state index < -0.39 is 0 Å². The van der Waals surface area contributed by atoms with E-state index in [1.807, 2.05) is 0 Å². The molecule has 2 unspecified atom stereocenters. The maximum absolute atomic E-state index is 2.45. The third-order valence-electron chi connectivity index (χ3n) is 6.18. The van der Waals surface area contributed by atoms with Gasteiger partial charge in [-0.05, 0) is 47.3 Å². The minimum Gasteiger partial charge on any atom is -0.0649 e. The van der Waals surface area contributed by atoms with Crippen LogP contribution in [0.4, 0.5) is 0 Å². The van der Waals surface area contributed by atoms with Crippen molar-refractivity contribution >= 4 is 0 Å². The SMILES string of the molecule is CCC(C)(C)C.CCC(C)(C)C1CC(C)C(C)C(C)C1. The van der Waals surface area contributed by atoms with Gasteiger partial charge in [0.1, 0.15) is 0 Å². The summed E-state index contributed by atoms with van der Waals surface area (Å²) in [6.07, 6.45) is 5.50. The van der Waals surface area contributed by atoms with Gasteiger partial charge < -0.3 is 0 Å². The lowest BCUT2D eigenvalue weighted by Gasteiger charge is -2.44. The highest BCUT2D eigenvalue weighted by Crippen LogP contribution is 2.46. The van der Waals surface area contributed by atoms with E-state index in [4.69, 9.17) is 0 Å². The predicted octanol–water partition coefficient (Wildman–Crippen LogP) is 7.18. The van der Waals surface area contributed by atoms with E-state index in [0.29, 0.717) is 10.8 Å². The van der Waals surface area contributed by atoms with Gasteiger partial charge in [0.05, 0.1) is 0 Å². The third kappa shape index (κ3) is 6.64. The minimum absolute atomic E-state index is 0.542. The molecule has 1 saturated carbocycles. The summed E-state index contributed by atoms with van der Waals surface area (Å²) in [5.41, 5.74) is 1.10. The van der Waals surface area contributed by atoms with Gasteiger partial charge in [0.25, 0.3) is 0 Å². The van der Waals surface area contributed by atoms with E-state index >= 15 is 0 Å². The Morgan fingerprint density at radius 3 is 1.35 bits per heavy atom. The summed E-state index contributed by atoms with van der Waals surface area (Å²) >= 11 is 0. The molecule has 0 aromatic carbocycles. The monoisotopic (exact) mass is 282 g/mol. The molecule has 0 bridgehead atoms. The van der Waals surface area contributed by atoms with Crippen LogP contribution in [0, 0.1) is 34.5 Å². The smallest absolute Gasteiger partial charge is 0.0328 e. The van der Waals surface area contributed by atoms with Crippen LogP contribution in [0.25, 0.3) is 0 Å². The summed E-state index contributed by atoms with van der Waals surface area (Å²) in [4.78, 5) is 0. The van der Waals surface area contributed by atoms with Gasteiger partial charge in [-0.2, -0.15) is 0 Å². The normalized spacial score (nSPS) is 31.5. The average Bonchev–Trinajstić information content (AvgIpc) is 2.35. The van der Waals surface area contributed by atoms with Crippen molar-refractivity contribution in [2.24, 2.45) is 34.5 Å². The van der Waals surface area contributed by atoms with E-state index in [-0.39, 0.29) is 0 Å². The van der Waals surface area contributed by atoms with Gasteiger partial charge in [0, 0.05) is 0 Å². The first kappa shape index (κ1) is 20.0. The van der Waals surface area contributed by atoms with Crippen molar-refractivity contribution in [2.45, 2.75) is 94.9 Å². The van der Waals surface area contributed by atoms with E-state index in [1.165, 1.54) is 25.7 Å². The molecule has 0 aromatic heterocycles. The summed E-state index contributed by atoms with van der Waals surface area (Å²) in [6.45, 7) is 23.5. The molecule has 0 spiro atoms. The molecule has 0 heterocycles. The quantitative estimate of drug-likeness (QED) is 0.503. The van der Waals surface area contributed by atoms with Gasteiger partial charge in [0.15, 0.2) is 0 Å². The third-order valence-corrected chi connectivity index (χ3v) is 6.18. The topological polar surface area (TPSA) is 0 Å².